The van der Waals surface area contributed by atoms with Crippen molar-refractivity contribution >= 4 is 27.4 Å². The van der Waals surface area contributed by atoms with Crippen molar-refractivity contribution in [1.82, 2.24) is 14.4 Å². The zero-order valence-electron chi connectivity index (χ0n) is 11.4. The first-order valence-corrected chi connectivity index (χ1v) is 7.24. The molecule has 0 amide bonds. The first-order chi connectivity index (χ1) is 9.11. The lowest BCUT2D eigenvalue weighted by Gasteiger charge is -2.22. The van der Waals surface area contributed by atoms with Crippen LogP contribution in [0.1, 0.15) is 20.8 Å². The number of imidazole rings is 1. The molecule has 0 aliphatic heterocycles. The van der Waals surface area contributed by atoms with E-state index in [-0.39, 0.29) is 6.04 Å². The molecule has 2 heterocycles. The Bertz CT molecular complexity index is 540. The Morgan fingerprint density at radius 3 is 2.95 bits per heavy atom. The summed E-state index contributed by atoms with van der Waals surface area (Å²) in [6.07, 6.45) is 5.56. The van der Waals surface area contributed by atoms with Crippen LogP contribution in [0.3, 0.4) is 0 Å². The van der Waals surface area contributed by atoms with Crippen molar-refractivity contribution in [1.29, 1.82) is 0 Å². The number of halogens is 1. The minimum atomic E-state index is 0.210. The Labute approximate surface area is 121 Å². The van der Waals surface area contributed by atoms with Crippen LogP contribution < -0.4 is 5.32 Å². The predicted molar refractivity (Wildman–Crippen MR) is 79.4 cm³/mol. The number of rotatable bonds is 6. The highest BCUT2D eigenvalue weighted by Gasteiger charge is 2.16. The average molecular weight is 327 g/mol. The molecule has 2 rings (SSSR count). The van der Waals surface area contributed by atoms with Crippen LogP contribution in [-0.4, -0.2) is 33.6 Å². The second-order valence-corrected chi connectivity index (χ2v) is 5.54. The highest BCUT2D eigenvalue weighted by atomic mass is 79.9. The largest absolute Gasteiger partial charge is 0.380 e. The van der Waals surface area contributed by atoms with Gasteiger partial charge in [-0.3, -0.25) is 0 Å². The molecular formula is C13H19BrN4O. The van der Waals surface area contributed by atoms with Gasteiger partial charge in [-0.1, -0.05) is 13.8 Å². The van der Waals surface area contributed by atoms with E-state index >= 15 is 0 Å². The summed E-state index contributed by atoms with van der Waals surface area (Å²) >= 11 is 3.42. The van der Waals surface area contributed by atoms with E-state index in [0.717, 1.165) is 22.7 Å². The highest BCUT2D eigenvalue weighted by Crippen LogP contribution is 2.19. The molecule has 0 aliphatic rings. The molecule has 0 spiro atoms. The van der Waals surface area contributed by atoms with E-state index in [2.05, 4.69) is 45.1 Å². The number of aromatic nitrogens is 3. The van der Waals surface area contributed by atoms with E-state index in [4.69, 9.17) is 4.74 Å². The zero-order valence-corrected chi connectivity index (χ0v) is 13.0. The maximum Gasteiger partial charge on any atom is 0.180 e. The van der Waals surface area contributed by atoms with Gasteiger partial charge in [0.05, 0.1) is 12.6 Å². The third kappa shape index (κ3) is 3.45. The topological polar surface area (TPSA) is 51.5 Å². The minimum absolute atomic E-state index is 0.210. The summed E-state index contributed by atoms with van der Waals surface area (Å²) < 4.78 is 8.24. The molecule has 1 atom stereocenters. The van der Waals surface area contributed by atoms with Gasteiger partial charge in [0.1, 0.15) is 4.60 Å². The van der Waals surface area contributed by atoms with Crippen LogP contribution in [0.5, 0.6) is 0 Å². The Morgan fingerprint density at radius 2 is 2.26 bits per heavy atom. The molecule has 0 aromatic carbocycles. The van der Waals surface area contributed by atoms with E-state index in [0.29, 0.717) is 12.5 Å². The van der Waals surface area contributed by atoms with Crippen LogP contribution in [0.4, 0.5) is 5.82 Å². The third-order valence-corrected chi connectivity index (χ3v) is 3.36. The Hall–Kier alpha value is -1.14. The molecule has 0 bridgehead atoms. The average Bonchev–Trinajstić information content (AvgIpc) is 2.81. The molecule has 5 nitrogen and oxygen atoms in total. The number of nitrogens with zero attached hydrogens (tertiary/aromatic N) is 3. The van der Waals surface area contributed by atoms with Crippen LogP contribution in [0.25, 0.3) is 5.65 Å². The third-order valence-electron chi connectivity index (χ3n) is 2.97. The normalized spacial score (nSPS) is 13.1. The fourth-order valence-corrected chi connectivity index (χ4v) is 2.22. The van der Waals surface area contributed by atoms with Gasteiger partial charge >= 0.3 is 0 Å². The van der Waals surface area contributed by atoms with Gasteiger partial charge in [0.25, 0.3) is 0 Å². The van der Waals surface area contributed by atoms with Crippen molar-refractivity contribution in [3.63, 3.8) is 0 Å². The molecule has 2 aromatic rings. The standard InChI is InChI=1S/C13H19BrN4O/c1-4-19-8-10(9(2)3)16-12-13-15-5-6-18(13)7-11(14)17-12/h5-7,9-10H,4,8H2,1-3H3,(H,16,17). The van der Waals surface area contributed by atoms with Gasteiger partial charge in [-0.05, 0) is 28.8 Å². The van der Waals surface area contributed by atoms with Crippen molar-refractivity contribution in [2.75, 3.05) is 18.5 Å². The molecule has 104 valence electrons. The summed E-state index contributed by atoms with van der Waals surface area (Å²) in [6, 6.07) is 0.210. The van der Waals surface area contributed by atoms with Crippen LogP contribution in [0.2, 0.25) is 0 Å². The lowest BCUT2D eigenvalue weighted by atomic mass is 10.1. The zero-order chi connectivity index (χ0) is 13.8. The summed E-state index contributed by atoms with van der Waals surface area (Å²) in [4.78, 5) is 8.80. The molecule has 0 aliphatic carbocycles. The van der Waals surface area contributed by atoms with E-state index in [1.807, 2.05) is 23.7 Å². The number of nitrogens with one attached hydrogen (secondary N) is 1. The predicted octanol–water partition coefficient (Wildman–Crippen LogP) is 2.96. The first kappa shape index (κ1) is 14.3. The first-order valence-electron chi connectivity index (χ1n) is 6.45. The second kappa shape index (κ2) is 6.34. The fraction of sp³-hybridized carbons (Fsp3) is 0.538. The van der Waals surface area contributed by atoms with Crippen molar-refractivity contribution in [3.8, 4) is 0 Å². The summed E-state index contributed by atoms with van der Waals surface area (Å²) in [7, 11) is 0. The molecule has 1 unspecified atom stereocenters. The number of ether oxygens (including phenoxy) is 1. The monoisotopic (exact) mass is 326 g/mol. The van der Waals surface area contributed by atoms with Gasteiger partial charge in [0.2, 0.25) is 0 Å². The number of anilines is 1. The summed E-state index contributed by atoms with van der Waals surface area (Å²) in [5.74, 6) is 1.22. The number of hydrogen-bond donors (Lipinski definition) is 1. The molecular weight excluding hydrogens is 308 g/mol. The van der Waals surface area contributed by atoms with Gasteiger partial charge < -0.3 is 14.5 Å². The summed E-state index contributed by atoms with van der Waals surface area (Å²) in [5, 5.41) is 3.43. The van der Waals surface area contributed by atoms with Crippen molar-refractivity contribution < 1.29 is 4.74 Å². The molecule has 1 N–H and O–H groups in total. The lowest BCUT2D eigenvalue weighted by Crippen LogP contribution is -2.31. The van der Waals surface area contributed by atoms with Crippen LogP contribution in [-0.2, 0) is 4.74 Å². The van der Waals surface area contributed by atoms with Crippen LogP contribution >= 0.6 is 15.9 Å². The minimum Gasteiger partial charge on any atom is -0.380 e. The van der Waals surface area contributed by atoms with E-state index < -0.39 is 0 Å². The van der Waals surface area contributed by atoms with Gasteiger partial charge in [-0.25, -0.2) is 9.97 Å². The molecule has 0 saturated heterocycles. The van der Waals surface area contributed by atoms with Crippen molar-refractivity contribution in [2.45, 2.75) is 26.8 Å². The van der Waals surface area contributed by atoms with Crippen LogP contribution in [0, 0.1) is 5.92 Å². The molecule has 19 heavy (non-hydrogen) atoms. The highest BCUT2D eigenvalue weighted by molar-refractivity contribution is 9.10. The smallest absolute Gasteiger partial charge is 0.180 e. The SMILES string of the molecule is CCOCC(Nc1nc(Br)cn2ccnc12)C(C)C. The van der Waals surface area contributed by atoms with Crippen LogP contribution in [0.15, 0.2) is 23.2 Å². The molecule has 2 aromatic heterocycles. The summed E-state index contributed by atoms with van der Waals surface area (Å²) in [6.45, 7) is 7.71. The Morgan fingerprint density at radius 1 is 1.47 bits per heavy atom. The number of hydrogen-bond acceptors (Lipinski definition) is 4. The molecule has 0 radical (unpaired) electrons. The van der Waals surface area contributed by atoms with Crippen molar-refractivity contribution in [3.05, 3.63) is 23.2 Å². The maximum absolute atomic E-state index is 5.52. The maximum atomic E-state index is 5.52. The Kier molecular flexibility index (Phi) is 4.76. The van der Waals surface area contributed by atoms with Gasteiger partial charge in [0, 0.05) is 25.2 Å². The van der Waals surface area contributed by atoms with Crippen molar-refractivity contribution in [2.24, 2.45) is 5.92 Å². The van der Waals surface area contributed by atoms with E-state index in [9.17, 15) is 0 Å². The Balaban J connectivity index is 2.25. The quantitative estimate of drug-likeness (QED) is 0.886. The van der Waals surface area contributed by atoms with E-state index in [1.165, 1.54) is 0 Å². The van der Waals surface area contributed by atoms with Gasteiger partial charge in [-0.15, -0.1) is 0 Å². The van der Waals surface area contributed by atoms with Gasteiger partial charge in [0.15, 0.2) is 11.5 Å². The second-order valence-electron chi connectivity index (χ2n) is 4.72. The molecule has 0 fully saturated rings. The fourth-order valence-electron chi connectivity index (χ4n) is 1.82. The summed E-state index contributed by atoms with van der Waals surface area (Å²) in [5.41, 5.74) is 0.824. The molecule has 6 heteroatoms. The number of fused-ring (bicyclic) bond motifs is 1. The van der Waals surface area contributed by atoms with Gasteiger partial charge in [-0.2, -0.15) is 0 Å². The lowest BCUT2D eigenvalue weighted by molar-refractivity contribution is 0.126. The molecule has 0 saturated carbocycles. The van der Waals surface area contributed by atoms with E-state index in [1.54, 1.807) is 6.20 Å².